The van der Waals surface area contributed by atoms with E-state index in [-0.39, 0.29) is 0 Å². The molecule has 0 saturated heterocycles. The van der Waals surface area contributed by atoms with Crippen molar-refractivity contribution in [1.29, 1.82) is 0 Å². The average molecular weight is 760 g/mol. The van der Waals surface area contributed by atoms with E-state index in [0.29, 0.717) is 5.89 Å². The minimum atomic E-state index is -0.492. The summed E-state index contributed by atoms with van der Waals surface area (Å²) in [5.74, 6) is 0.584. The molecule has 2 aromatic heterocycles. The summed E-state index contributed by atoms with van der Waals surface area (Å²) in [5, 5.41) is 5.99. The lowest BCUT2D eigenvalue weighted by molar-refractivity contribution is 0.506. The zero-order chi connectivity index (χ0) is 39.1. The number of para-hydroxylation sites is 2. The van der Waals surface area contributed by atoms with Crippen LogP contribution in [0.4, 0.5) is 17.1 Å². The quantitative estimate of drug-likeness (QED) is 0.168. The van der Waals surface area contributed by atoms with Crippen LogP contribution in [-0.2, 0) is 0 Å². The van der Waals surface area contributed by atoms with Gasteiger partial charge in [-0.15, -0.1) is 0 Å². The van der Waals surface area contributed by atoms with Crippen LogP contribution < -0.4 is 10.2 Å². The molecule has 1 aliphatic rings. The standard InChI is InChI=1S/C53H37N5O/c1-6-16-37(17-7-1)47-35-48(38-18-8-2-9-19-38)56-53(55-47)58-49-33-28-40(34-45(49)44-31-32-46-51(50(44)58)59-52(54-46)39-20-10-3-11-21-39)36-26-29-43(30-27-36)57(41-22-12-4-13-23-41)42-24-14-5-15-25-42/h1-35,53,55H. The average Bonchev–Trinajstić information content (AvgIpc) is 3.90. The molecule has 280 valence electrons. The van der Waals surface area contributed by atoms with Gasteiger partial charge < -0.3 is 14.6 Å². The van der Waals surface area contributed by atoms with Gasteiger partial charge in [-0.2, -0.15) is 0 Å². The second-order valence-corrected chi connectivity index (χ2v) is 14.7. The summed E-state index contributed by atoms with van der Waals surface area (Å²) in [6.45, 7) is 0. The maximum absolute atomic E-state index is 6.75. The van der Waals surface area contributed by atoms with Gasteiger partial charge in [0.15, 0.2) is 5.58 Å². The lowest BCUT2D eigenvalue weighted by Crippen LogP contribution is -2.29. The van der Waals surface area contributed by atoms with Crippen LogP contribution in [0.5, 0.6) is 0 Å². The van der Waals surface area contributed by atoms with E-state index >= 15 is 0 Å². The number of hydrogen-bond acceptors (Lipinski definition) is 5. The van der Waals surface area contributed by atoms with E-state index in [1.54, 1.807) is 0 Å². The highest BCUT2D eigenvalue weighted by Gasteiger charge is 2.26. The molecule has 0 amide bonds. The fourth-order valence-corrected chi connectivity index (χ4v) is 8.25. The Hall–Kier alpha value is -7.96. The minimum absolute atomic E-state index is 0.492. The number of nitrogens with zero attached hydrogens (tertiary/aromatic N) is 4. The van der Waals surface area contributed by atoms with Gasteiger partial charge in [0, 0.05) is 39.1 Å². The summed E-state index contributed by atoms with van der Waals surface area (Å²) in [4.78, 5) is 12.7. The molecule has 0 aliphatic carbocycles. The molecule has 0 fully saturated rings. The molecule has 0 bridgehead atoms. The first-order valence-electron chi connectivity index (χ1n) is 19.9. The van der Waals surface area contributed by atoms with Crippen LogP contribution in [0.3, 0.4) is 0 Å². The monoisotopic (exact) mass is 759 g/mol. The first-order chi connectivity index (χ1) is 29.2. The second kappa shape index (κ2) is 14.5. The van der Waals surface area contributed by atoms with Gasteiger partial charge in [0.05, 0.1) is 16.7 Å². The molecular formula is C53H37N5O. The Kier molecular flexibility index (Phi) is 8.44. The fourth-order valence-electron chi connectivity index (χ4n) is 8.25. The molecule has 0 spiro atoms. The van der Waals surface area contributed by atoms with Crippen molar-refractivity contribution < 1.29 is 4.42 Å². The molecule has 1 aliphatic heterocycles. The summed E-state index contributed by atoms with van der Waals surface area (Å²) in [7, 11) is 0. The van der Waals surface area contributed by atoms with Gasteiger partial charge in [-0.05, 0) is 101 Å². The predicted molar refractivity (Wildman–Crippen MR) is 242 cm³/mol. The number of fused-ring (bicyclic) bond motifs is 5. The summed E-state index contributed by atoms with van der Waals surface area (Å²) in [6, 6.07) is 71.7. The highest BCUT2D eigenvalue weighted by Crippen LogP contribution is 2.41. The highest BCUT2D eigenvalue weighted by molar-refractivity contribution is 6.17. The molecule has 59 heavy (non-hydrogen) atoms. The molecule has 1 atom stereocenters. The van der Waals surface area contributed by atoms with Gasteiger partial charge in [0.25, 0.3) is 0 Å². The smallest absolute Gasteiger partial charge is 0.227 e. The number of nitrogens with one attached hydrogen (secondary N) is 1. The first-order valence-corrected chi connectivity index (χ1v) is 19.9. The number of hydrogen-bond donors (Lipinski definition) is 1. The maximum Gasteiger partial charge on any atom is 0.227 e. The molecule has 1 N–H and O–H groups in total. The first kappa shape index (κ1) is 34.3. The van der Waals surface area contributed by atoms with E-state index in [1.807, 2.05) is 42.5 Å². The summed E-state index contributed by atoms with van der Waals surface area (Å²) < 4.78 is 9.04. The molecule has 3 heterocycles. The molecule has 6 heteroatoms. The van der Waals surface area contributed by atoms with Crippen LogP contribution in [0.1, 0.15) is 17.4 Å². The number of allylic oxidation sites excluding steroid dienone is 1. The van der Waals surface area contributed by atoms with Crippen LogP contribution in [0.15, 0.2) is 222 Å². The van der Waals surface area contributed by atoms with Crippen LogP contribution in [0.2, 0.25) is 0 Å². The van der Waals surface area contributed by atoms with Gasteiger partial charge >= 0.3 is 0 Å². The van der Waals surface area contributed by atoms with E-state index in [2.05, 4.69) is 185 Å². The summed E-state index contributed by atoms with van der Waals surface area (Å²) in [5.41, 5.74) is 14.0. The van der Waals surface area contributed by atoms with Crippen LogP contribution in [0, 0.1) is 0 Å². The Morgan fingerprint density at radius 2 is 1.05 bits per heavy atom. The lowest BCUT2D eigenvalue weighted by atomic mass is 10.0. The molecular weight excluding hydrogens is 723 g/mol. The molecule has 0 saturated carbocycles. The number of anilines is 3. The Morgan fingerprint density at radius 3 is 1.69 bits per heavy atom. The van der Waals surface area contributed by atoms with Crippen molar-refractivity contribution >= 4 is 61.4 Å². The minimum Gasteiger partial charge on any atom is -0.434 e. The largest absolute Gasteiger partial charge is 0.434 e. The summed E-state index contributed by atoms with van der Waals surface area (Å²) >= 11 is 0. The molecule has 6 nitrogen and oxygen atoms in total. The lowest BCUT2D eigenvalue weighted by Gasteiger charge is -2.27. The van der Waals surface area contributed by atoms with Crippen molar-refractivity contribution in [3.8, 4) is 22.6 Å². The van der Waals surface area contributed by atoms with E-state index in [9.17, 15) is 0 Å². The van der Waals surface area contributed by atoms with Crippen molar-refractivity contribution in [2.75, 3.05) is 4.90 Å². The number of aliphatic imine (C=N–C) groups is 1. The molecule has 10 aromatic rings. The number of rotatable bonds is 8. The Bertz CT molecular complexity index is 3120. The van der Waals surface area contributed by atoms with E-state index in [0.717, 1.165) is 89.2 Å². The molecule has 8 aromatic carbocycles. The van der Waals surface area contributed by atoms with Crippen molar-refractivity contribution in [1.82, 2.24) is 14.9 Å². The van der Waals surface area contributed by atoms with Crippen LogP contribution in [0.25, 0.3) is 61.2 Å². The number of benzene rings is 8. The number of oxazole rings is 1. The third-order valence-corrected chi connectivity index (χ3v) is 11.1. The summed E-state index contributed by atoms with van der Waals surface area (Å²) in [6.07, 6.45) is 1.65. The van der Waals surface area contributed by atoms with E-state index in [4.69, 9.17) is 14.4 Å². The SMILES string of the molecule is C1=C(c2ccccc2)NC(n2c3ccc(-c4ccc(N(c5ccccc5)c5ccccc5)cc4)cc3c3ccc4nc(-c5ccccc5)oc4c32)N=C1c1ccccc1. The van der Waals surface area contributed by atoms with Gasteiger partial charge in [-0.1, -0.05) is 133 Å². The van der Waals surface area contributed by atoms with E-state index < -0.39 is 6.29 Å². The van der Waals surface area contributed by atoms with Crippen molar-refractivity contribution in [3.05, 3.63) is 223 Å². The number of aromatic nitrogens is 2. The van der Waals surface area contributed by atoms with Crippen LogP contribution in [-0.4, -0.2) is 15.3 Å². The van der Waals surface area contributed by atoms with Gasteiger partial charge in [0.1, 0.15) is 5.52 Å². The third kappa shape index (κ3) is 6.24. The fraction of sp³-hybridized carbons (Fsp3) is 0.0189. The van der Waals surface area contributed by atoms with Crippen molar-refractivity contribution in [2.45, 2.75) is 6.29 Å². The zero-order valence-electron chi connectivity index (χ0n) is 32.0. The Morgan fingerprint density at radius 1 is 0.492 bits per heavy atom. The van der Waals surface area contributed by atoms with E-state index in [1.165, 1.54) is 0 Å². The third-order valence-electron chi connectivity index (χ3n) is 11.1. The van der Waals surface area contributed by atoms with Gasteiger partial charge in [-0.25, -0.2) is 9.98 Å². The predicted octanol–water partition coefficient (Wildman–Crippen LogP) is 13.3. The molecule has 11 rings (SSSR count). The normalized spacial score (nSPS) is 13.9. The molecule has 1 unspecified atom stereocenters. The van der Waals surface area contributed by atoms with Gasteiger partial charge in [-0.3, -0.25) is 4.57 Å². The van der Waals surface area contributed by atoms with Gasteiger partial charge in [0.2, 0.25) is 12.2 Å². The maximum atomic E-state index is 6.75. The van der Waals surface area contributed by atoms with Crippen molar-refractivity contribution in [3.63, 3.8) is 0 Å². The Labute approximate surface area is 341 Å². The zero-order valence-corrected chi connectivity index (χ0v) is 32.0. The van der Waals surface area contributed by atoms with Crippen LogP contribution >= 0.6 is 0 Å². The second-order valence-electron chi connectivity index (χ2n) is 14.7. The van der Waals surface area contributed by atoms with Crippen molar-refractivity contribution in [2.24, 2.45) is 4.99 Å². The highest BCUT2D eigenvalue weighted by atomic mass is 16.3. The Balaban J connectivity index is 1.08. The molecule has 0 radical (unpaired) electrons. The topological polar surface area (TPSA) is 58.6 Å².